The van der Waals surface area contributed by atoms with Crippen LogP contribution in [0, 0.1) is 0 Å². The third-order valence-corrected chi connectivity index (χ3v) is 4.74. The van der Waals surface area contributed by atoms with E-state index in [1.165, 1.54) is 6.08 Å². The fourth-order valence-electron chi connectivity index (χ4n) is 3.47. The zero-order chi connectivity index (χ0) is 20.5. The molecule has 1 aliphatic heterocycles. The maximum absolute atomic E-state index is 13.5. The van der Waals surface area contributed by atoms with Crippen molar-refractivity contribution in [3.63, 3.8) is 0 Å². The second-order valence-corrected chi connectivity index (χ2v) is 7.95. The van der Waals surface area contributed by atoms with Gasteiger partial charge in [-0.25, -0.2) is 4.98 Å². The molecule has 28 heavy (non-hydrogen) atoms. The first-order valence-corrected chi connectivity index (χ1v) is 9.14. The van der Waals surface area contributed by atoms with Gasteiger partial charge < -0.3 is 19.9 Å². The minimum absolute atomic E-state index is 0.228. The molecule has 0 radical (unpaired) electrons. The largest absolute Gasteiger partial charge is 0.497 e. The summed E-state index contributed by atoms with van der Waals surface area (Å²) >= 11 is 0. The van der Waals surface area contributed by atoms with E-state index < -0.39 is 11.1 Å². The number of carbonyl (C=O) groups is 2. The Morgan fingerprint density at radius 3 is 2.50 bits per heavy atom. The molecule has 1 unspecified atom stereocenters. The Bertz CT molecular complexity index is 895. The van der Waals surface area contributed by atoms with Gasteiger partial charge in [0.25, 0.3) is 5.91 Å². The Morgan fingerprint density at radius 2 is 1.96 bits per heavy atom. The van der Waals surface area contributed by atoms with Crippen molar-refractivity contribution in [3.05, 3.63) is 59.7 Å². The Morgan fingerprint density at radius 1 is 1.29 bits per heavy atom. The summed E-state index contributed by atoms with van der Waals surface area (Å²) < 4.78 is 5.20. The second-order valence-electron chi connectivity index (χ2n) is 7.95. The average molecular weight is 382 g/mol. The molecule has 148 valence electrons. The van der Waals surface area contributed by atoms with Gasteiger partial charge in [-0.2, -0.15) is 0 Å². The van der Waals surface area contributed by atoms with Gasteiger partial charge >= 0.3 is 0 Å². The molecule has 2 aromatic rings. The minimum atomic E-state index is -1.33. The maximum Gasteiger partial charge on any atom is 0.258 e. The van der Waals surface area contributed by atoms with Gasteiger partial charge in [0.15, 0.2) is 0 Å². The third kappa shape index (κ3) is 3.40. The van der Waals surface area contributed by atoms with Crippen LogP contribution in [0.15, 0.2) is 48.3 Å². The zero-order valence-corrected chi connectivity index (χ0v) is 16.9. The molecule has 0 saturated carbocycles. The van der Waals surface area contributed by atoms with E-state index in [9.17, 15) is 9.59 Å². The lowest BCUT2D eigenvalue weighted by atomic mass is 9.87. The summed E-state index contributed by atoms with van der Waals surface area (Å²) in [6.45, 7) is 7.77. The standard InChI is InChI=1S/C21H26N4O3/c1-14-12-17(26)25(13-15-6-8-16(28-5)9-7-15)21(14,18-22-10-11-23-18)19(27)24-20(2,3)4/h6-12H,13H2,1-5H3,(H,22,23)(H,24,27). The number of hydrogen-bond acceptors (Lipinski definition) is 4. The average Bonchev–Trinajstić information content (AvgIpc) is 3.22. The van der Waals surface area contributed by atoms with Gasteiger partial charge in [-0.3, -0.25) is 9.59 Å². The number of aromatic amines is 1. The van der Waals surface area contributed by atoms with Crippen LogP contribution in [-0.2, 0) is 21.7 Å². The first-order valence-electron chi connectivity index (χ1n) is 9.14. The van der Waals surface area contributed by atoms with Crippen LogP contribution in [0.5, 0.6) is 5.75 Å². The third-order valence-electron chi connectivity index (χ3n) is 4.74. The highest BCUT2D eigenvalue weighted by molar-refractivity contribution is 6.03. The van der Waals surface area contributed by atoms with E-state index in [4.69, 9.17) is 4.74 Å². The van der Waals surface area contributed by atoms with Crippen LogP contribution >= 0.6 is 0 Å². The fourth-order valence-corrected chi connectivity index (χ4v) is 3.47. The Hall–Kier alpha value is -3.09. The predicted molar refractivity (Wildman–Crippen MR) is 105 cm³/mol. The van der Waals surface area contributed by atoms with E-state index in [0.717, 1.165) is 11.3 Å². The summed E-state index contributed by atoms with van der Waals surface area (Å²) in [5.41, 5.74) is -0.276. The van der Waals surface area contributed by atoms with Crippen LogP contribution in [0.1, 0.15) is 39.1 Å². The van der Waals surface area contributed by atoms with E-state index in [2.05, 4.69) is 15.3 Å². The van der Waals surface area contributed by atoms with E-state index in [0.29, 0.717) is 11.4 Å². The Labute approximate surface area is 164 Å². The fraction of sp³-hybridized carbons (Fsp3) is 0.381. The highest BCUT2D eigenvalue weighted by Crippen LogP contribution is 2.41. The van der Waals surface area contributed by atoms with Crippen molar-refractivity contribution in [2.45, 2.75) is 45.3 Å². The number of nitrogens with zero attached hydrogens (tertiary/aromatic N) is 2. The van der Waals surface area contributed by atoms with Crippen molar-refractivity contribution in [3.8, 4) is 5.75 Å². The van der Waals surface area contributed by atoms with Gasteiger partial charge in [-0.15, -0.1) is 0 Å². The van der Waals surface area contributed by atoms with Crippen molar-refractivity contribution in [2.24, 2.45) is 0 Å². The molecule has 2 amide bonds. The molecular weight excluding hydrogens is 356 g/mol. The highest BCUT2D eigenvalue weighted by Gasteiger charge is 2.55. The lowest BCUT2D eigenvalue weighted by molar-refractivity contribution is -0.143. The maximum atomic E-state index is 13.5. The molecule has 0 saturated heterocycles. The summed E-state index contributed by atoms with van der Waals surface area (Å²) in [6.07, 6.45) is 4.75. The molecule has 2 heterocycles. The van der Waals surface area contributed by atoms with Crippen LogP contribution in [0.2, 0.25) is 0 Å². The topological polar surface area (TPSA) is 87.3 Å². The van der Waals surface area contributed by atoms with Gasteiger partial charge in [-0.1, -0.05) is 12.1 Å². The van der Waals surface area contributed by atoms with Gasteiger partial charge in [0.05, 0.1) is 7.11 Å². The van der Waals surface area contributed by atoms with Gasteiger partial charge in [0.2, 0.25) is 11.4 Å². The Balaban J connectivity index is 2.07. The summed E-state index contributed by atoms with van der Waals surface area (Å²) in [5.74, 6) is 0.632. The van der Waals surface area contributed by atoms with Crippen molar-refractivity contribution in [2.75, 3.05) is 7.11 Å². The molecule has 1 atom stereocenters. The molecule has 1 aliphatic rings. The summed E-state index contributed by atoms with van der Waals surface area (Å²) in [5, 5.41) is 3.02. The summed E-state index contributed by atoms with van der Waals surface area (Å²) in [7, 11) is 1.60. The zero-order valence-electron chi connectivity index (χ0n) is 16.9. The van der Waals surface area contributed by atoms with E-state index in [1.54, 1.807) is 31.3 Å². The van der Waals surface area contributed by atoms with Crippen LogP contribution in [0.3, 0.4) is 0 Å². The van der Waals surface area contributed by atoms with Crippen molar-refractivity contribution in [1.82, 2.24) is 20.2 Å². The molecule has 0 fully saturated rings. The van der Waals surface area contributed by atoms with Crippen molar-refractivity contribution < 1.29 is 14.3 Å². The van der Waals surface area contributed by atoms with Gasteiger partial charge in [0.1, 0.15) is 11.6 Å². The molecule has 0 bridgehead atoms. The molecule has 0 aliphatic carbocycles. The van der Waals surface area contributed by atoms with Crippen molar-refractivity contribution >= 4 is 11.8 Å². The number of nitrogens with one attached hydrogen (secondary N) is 2. The quantitative estimate of drug-likeness (QED) is 0.832. The molecule has 1 aromatic heterocycles. The van der Waals surface area contributed by atoms with E-state index >= 15 is 0 Å². The Kier molecular flexibility index (Phi) is 5.02. The normalized spacial score (nSPS) is 19.5. The lowest BCUT2D eigenvalue weighted by Crippen LogP contribution is -2.59. The monoisotopic (exact) mass is 382 g/mol. The van der Waals surface area contributed by atoms with Crippen molar-refractivity contribution in [1.29, 1.82) is 0 Å². The molecule has 2 N–H and O–H groups in total. The minimum Gasteiger partial charge on any atom is -0.497 e. The molecule has 7 nitrogen and oxygen atoms in total. The number of ether oxygens (including phenoxy) is 1. The molecule has 7 heteroatoms. The van der Waals surface area contributed by atoms with Gasteiger partial charge in [-0.05, 0) is 51.0 Å². The van der Waals surface area contributed by atoms with Crippen LogP contribution < -0.4 is 10.1 Å². The molecule has 3 rings (SSSR count). The van der Waals surface area contributed by atoms with E-state index in [-0.39, 0.29) is 18.4 Å². The summed E-state index contributed by atoms with van der Waals surface area (Å²) in [4.78, 5) is 35.4. The molecule has 1 aromatic carbocycles. The smallest absolute Gasteiger partial charge is 0.258 e. The number of aromatic nitrogens is 2. The van der Waals surface area contributed by atoms with Gasteiger partial charge in [0, 0.05) is 30.6 Å². The SMILES string of the molecule is COc1ccc(CN2C(=O)C=C(C)C2(C(=O)NC(C)(C)C)c2ncc[nH]2)cc1. The van der Waals surface area contributed by atoms with Crippen LogP contribution in [0.4, 0.5) is 0 Å². The van der Waals surface area contributed by atoms with Crippen LogP contribution in [-0.4, -0.2) is 39.3 Å². The lowest BCUT2D eigenvalue weighted by Gasteiger charge is -2.39. The first kappa shape index (κ1) is 19.7. The number of carbonyl (C=O) groups excluding carboxylic acids is 2. The number of amides is 2. The number of methoxy groups -OCH3 is 1. The second kappa shape index (κ2) is 7.14. The van der Waals surface area contributed by atoms with Crippen LogP contribution in [0.25, 0.3) is 0 Å². The predicted octanol–water partition coefficient (Wildman–Crippen LogP) is 2.52. The number of benzene rings is 1. The first-order chi connectivity index (χ1) is 13.2. The van der Waals surface area contributed by atoms with E-state index in [1.807, 2.05) is 45.0 Å². The molecular formula is C21H26N4O3. The number of hydrogen-bond donors (Lipinski definition) is 2. The highest BCUT2D eigenvalue weighted by atomic mass is 16.5. The number of rotatable bonds is 5. The molecule has 0 spiro atoms. The number of imidazole rings is 1. The summed E-state index contributed by atoms with van der Waals surface area (Å²) in [6, 6.07) is 7.43. The number of H-pyrrole nitrogens is 1.